The van der Waals surface area contributed by atoms with Crippen molar-refractivity contribution in [2.45, 2.75) is 51.0 Å². The molecular weight excluding hydrogens is 274 g/mol. The van der Waals surface area contributed by atoms with Gasteiger partial charge in [-0.25, -0.2) is 0 Å². The number of hydrogen-bond acceptors (Lipinski definition) is 3. The van der Waals surface area contributed by atoms with Gasteiger partial charge in [0.05, 0.1) is 12.2 Å². The number of hydrogen-bond donors (Lipinski definition) is 1. The SMILES string of the molecule is CCOc1ccc(C(O)(CCN(C)C)C2CCCCC2)cc1. The van der Waals surface area contributed by atoms with Crippen molar-refractivity contribution >= 4 is 0 Å². The number of ether oxygens (including phenoxy) is 1. The fourth-order valence-corrected chi connectivity index (χ4v) is 3.56. The molecule has 0 spiro atoms. The van der Waals surface area contributed by atoms with E-state index in [9.17, 15) is 5.11 Å². The second-order valence-corrected chi connectivity index (χ2v) is 6.77. The topological polar surface area (TPSA) is 32.7 Å². The molecule has 1 atom stereocenters. The molecule has 3 heteroatoms. The lowest BCUT2D eigenvalue weighted by molar-refractivity contribution is -0.0500. The van der Waals surface area contributed by atoms with Gasteiger partial charge in [-0.05, 0) is 63.9 Å². The second-order valence-electron chi connectivity index (χ2n) is 6.77. The van der Waals surface area contributed by atoms with E-state index in [1.54, 1.807) is 0 Å². The molecule has 1 aromatic rings. The maximum absolute atomic E-state index is 11.5. The molecule has 22 heavy (non-hydrogen) atoms. The Kier molecular flexibility index (Phi) is 6.27. The van der Waals surface area contributed by atoms with Gasteiger partial charge < -0.3 is 14.7 Å². The molecule has 1 N–H and O–H groups in total. The molecule has 1 fully saturated rings. The normalized spacial score (nSPS) is 19.1. The summed E-state index contributed by atoms with van der Waals surface area (Å²) < 4.78 is 5.53. The minimum absolute atomic E-state index is 0.374. The highest BCUT2D eigenvalue weighted by Gasteiger charge is 2.38. The molecule has 0 amide bonds. The first-order valence-electron chi connectivity index (χ1n) is 8.66. The van der Waals surface area contributed by atoms with E-state index in [1.165, 1.54) is 19.3 Å². The van der Waals surface area contributed by atoms with E-state index in [2.05, 4.69) is 31.1 Å². The Morgan fingerprint density at radius 2 is 1.77 bits per heavy atom. The Hall–Kier alpha value is -1.06. The van der Waals surface area contributed by atoms with Gasteiger partial charge in [0.2, 0.25) is 0 Å². The summed E-state index contributed by atoms with van der Waals surface area (Å²) in [5.41, 5.74) is 0.333. The van der Waals surface area contributed by atoms with Crippen molar-refractivity contribution in [3.63, 3.8) is 0 Å². The van der Waals surface area contributed by atoms with Gasteiger partial charge in [-0.15, -0.1) is 0 Å². The van der Waals surface area contributed by atoms with Gasteiger partial charge in [0.25, 0.3) is 0 Å². The van der Waals surface area contributed by atoms with Crippen molar-refractivity contribution in [1.82, 2.24) is 4.90 Å². The van der Waals surface area contributed by atoms with E-state index in [-0.39, 0.29) is 0 Å². The van der Waals surface area contributed by atoms with Gasteiger partial charge in [-0.3, -0.25) is 0 Å². The molecule has 3 nitrogen and oxygen atoms in total. The van der Waals surface area contributed by atoms with Crippen molar-refractivity contribution in [2.75, 3.05) is 27.2 Å². The lowest BCUT2D eigenvalue weighted by Crippen LogP contribution is -2.39. The predicted molar refractivity (Wildman–Crippen MR) is 91.3 cm³/mol. The molecule has 1 aliphatic carbocycles. The van der Waals surface area contributed by atoms with Crippen LogP contribution in [-0.2, 0) is 5.60 Å². The molecule has 1 aromatic carbocycles. The second kappa shape index (κ2) is 7.98. The van der Waals surface area contributed by atoms with Crippen molar-refractivity contribution in [3.8, 4) is 5.75 Å². The summed E-state index contributed by atoms with van der Waals surface area (Å²) in [6.45, 7) is 3.57. The lowest BCUT2D eigenvalue weighted by Gasteiger charge is -2.40. The Labute approximate surface area is 135 Å². The van der Waals surface area contributed by atoms with Crippen LogP contribution in [0.3, 0.4) is 0 Å². The van der Waals surface area contributed by atoms with E-state index in [1.807, 2.05) is 19.1 Å². The van der Waals surface area contributed by atoms with E-state index in [0.29, 0.717) is 12.5 Å². The minimum Gasteiger partial charge on any atom is -0.494 e. The number of nitrogens with zero attached hydrogens (tertiary/aromatic N) is 1. The average Bonchev–Trinajstić information content (AvgIpc) is 2.54. The highest BCUT2D eigenvalue weighted by Crippen LogP contribution is 2.42. The Morgan fingerprint density at radius 3 is 2.32 bits per heavy atom. The number of benzene rings is 1. The van der Waals surface area contributed by atoms with Gasteiger partial charge >= 0.3 is 0 Å². The van der Waals surface area contributed by atoms with Crippen LogP contribution in [0.25, 0.3) is 0 Å². The van der Waals surface area contributed by atoms with Crippen LogP contribution in [0, 0.1) is 5.92 Å². The van der Waals surface area contributed by atoms with Crippen LogP contribution in [0.5, 0.6) is 5.75 Å². The zero-order chi connectivity index (χ0) is 16.0. The third-order valence-electron chi connectivity index (χ3n) is 4.89. The van der Waals surface area contributed by atoms with Gasteiger partial charge in [-0.2, -0.15) is 0 Å². The summed E-state index contributed by atoms with van der Waals surface area (Å²) >= 11 is 0. The van der Waals surface area contributed by atoms with Crippen molar-refractivity contribution in [2.24, 2.45) is 5.92 Å². The summed E-state index contributed by atoms with van der Waals surface area (Å²) in [6.07, 6.45) is 6.86. The monoisotopic (exact) mass is 305 g/mol. The van der Waals surface area contributed by atoms with E-state index < -0.39 is 5.60 Å². The molecule has 0 bridgehead atoms. The molecule has 0 aromatic heterocycles. The molecule has 124 valence electrons. The van der Waals surface area contributed by atoms with Crippen LogP contribution in [0.2, 0.25) is 0 Å². The van der Waals surface area contributed by atoms with E-state index >= 15 is 0 Å². The zero-order valence-corrected chi connectivity index (χ0v) is 14.3. The molecular formula is C19H31NO2. The first-order valence-corrected chi connectivity index (χ1v) is 8.66. The number of aliphatic hydroxyl groups is 1. The van der Waals surface area contributed by atoms with Crippen LogP contribution in [0.4, 0.5) is 0 Å². The average molecular weight is 305 g/mol. The summed E-state index contributed by atoms with van der Waals surface area (Å²) in [6, 6.07) is 8.08. The molecule has 1 unspecified atom stereocenters. The maximum Gasteiger partial charge on any atom is 0.119 e. The highest BCUT2D eigenvalue weighted by atomic mass is 16.5. The summed E-state index contributed by atoms with van der Waals surface area (Å²) in [4.78, 5) is 2.16. The third-order valence-corrected chi connectivity index (χ3v) is 4.89. The standard InChI is InChI=1S/C19H31NO2/c1-4-22-18-12-10-17(11-13-18)19(21,14-15-20(2)3)16-8-6-5-7-9-16/h10-13,16,21H,4-9,14-15H2,1-3H3. The van der Waals surface area contributed by atoms with Gasteiger partial charge in [-0.1, -0.05) is 31.4 Å². The van der Waals surface area contributed by atoms with Crippen LogP contribution in [0.15, 0.2) is 24.3 Å². The lowest BCUT2D eigenvalue weighted by atomic mass is 9.71. The first kappa shape index (κ1) is 17.3. The fraction of sp³-hybridized carbons (Fsp3) is 0.684. The molecule has 0 aliphatic heterocycles. The summed E-state index contributed by atoms with van der Waals surface area (Å²) in [5.74, 6) is 1.25. The molecule has 1 aliphatic rings. The summed E-state index contributed by atoms with van der Waals surface area (Å²) in [7, 11) is 4.14. The van der Waals surface area contributed by atoms with E-state index in [4.69, 9.17) is 4.74 Å². The van der Waals surface area contributed by atoms with Gasteiger partial charge in [0.1, 0.15) is 5.75 Å². The number of rotatable bonds is 7. The van der Waals surface area contributed by atoms with Crippen LogP contribution in [0.1, 0.15) is 51.0 Å². The predicted octanol–water partition coefficient (Wildman–Crippen LogP) is 3.80. The molecule has 2 rings (SSSR count). The highest BCUT2D eigenvalue weighted by molar-refractivity contribution is 5.31. The Morgan fingerprint density at radius 1 is 1.14 bits per heavy atom. The molecule has 0 heterocycles. The quantitative estimate of drug-likeness (QED) is 0.831. The van der Waals surface area contributed by atoms with Gasteiger partial charge in [0, 0.05) is 6.54 Å². The van der Waals surface area contributed by atoms with Crippen LogP contribution < -0.4 is 4.74 Å². The first-order chi connectivity index (χ1) is 10.6. The van der Waals surface area contributed by atoms with Gasteiger partial charge in [0.15, 0.2) is 0 Å². The molecule has 0 radical (unpaired) electrons. The van der Waals surface area contributed by atoms with Crippen molar-refractivity contribution in [3.05, 3.63) is 29.8 Å². The van der Waals surface area contributed by atoms with Crippen molar-refractivity contribution < 1.29 is 9.84 Å². The third kappa shape index (κ3) is 4.23. The van der Waals surface area contributed by atoms with Crippen LogP contribution >= 0.6 is 0 Å². The van der Waals surface area contributed by atoms with Crippen molar-refractivity contribution in [1.29, 1.82) is 0 Å². The smallest absolute Gasteiger partial charge is 0.119 e. The Balaban J connectivity index is 2.21. The van der Waals surface area contributed by atoms with E-state index in [0.717, 1.165) is 37.1 Å². The summed E-state index contributed by atoms with van der Waals surface area (Å²) in [5, 5.41) is 11.5. The fourth-order valence-electron chi connectivity index (χ4n) is 3.56. The minimum atomic E-state index is -0.713. The molecule has 1 saturated carbocycles. The molecule has 0 saturated heterocycles. The zero-order valence-electron chi connectivity index (χ0n) is 14.3. The van der Waals surface area contributed by atoms with Crippen LogP contribution in [-0.4, -0.2) is 37.3 Å². The maximum atomic E-state index is 11.5. The Bertz CT molecular complexity index is 437. The largest absolute Gasteiger partial charge is 0.494 e.